The van der Waals surface area contributed by atoms with Crippen molar-refractivity contribution in [2.24, 2.45) is 0 Å². The summed E-state index contributed by atoms with van der Waals surface area (Å²) < 4.78 is 99.2. The number of rotatable bonds is 72. The number of carbonyl (C=O) groups is 3. The summed E-state index contributed by atoms with van der Waals surface area (Å²) in [4.78, 5) is 46.4. The SMILES string of the molecule is CCCCCCCOc1cc(C(=O)Oc2cc3c(cc2OC)Cc2c-3c3c(c4c2-c2cc(OC(=O)c5cc(OCCCCCCC)c(OCCCCCCC)c(OCCCCCCC)c5)c(OC)cc2C4)-c2cc(OC(=O)c4cc(OCCCCCCC)c(OCCCCCCC)c(OCCCCCCC)c4)c(OC)cc2C3)cc(OCCCCCCC)c1OCCCCCCC. The second-order valence-corrected chi connectivity index (χ2v) is 36.5. The first-order chi connectivity index (χ1) is 64.8. The summed E-state index contributed by atoms with van der Waals surface area (Å²) in [5.41, 5.74) is 12.2. The standard InChI is InChI=1S/C114H162O18/c1-13-22-31-40-49-58-121-100-73-85(74-101(122-59-50-41-32-23-14-2)109(100)127-64-55-46-37-28-19-7)112(115)130-97-79-88-82(70-94(97)118-10)67-91-106(88)92-68-83-71-95(119-11)98(131-113(116)86-75-102(123-60-51-42-33-24-15-3)110(128-65-56-47-38-29-20-8)103(76-86)124-61-52-43-34-25-16-4)80-89(83)108(92)93-69-84-72-96(120-12)99(81-90(84)107(91)93)132-114(117)87-77-104(125-62-53-44-35-26-17-5)111(129-66-57-48-39-30-21-9)105(78-87)126-63-54-45-36-27-18-6/h70-81H,13-69H2,1-12H3. The van der Waals surface area contributed by atoms with Gasteiger partial charge in [-0.3, -0.25) is 0 Å². The van der Waals surface area contributed by atoms with Crippen LogP contribution < -0.4 is 71.1 Å². The maximum atomic E-state index is 15.5. The van der Waals surface area contributed by atoms with Crippen LogP contribution in [0.3, 0.4) is 0 Å². The molecule has 3 aliphatic carbocycles. The van der Waals surface area contributed by atoms with Crippen molar-refractivity contribution >= 4 is 17.9 Å². The summed E-state index contributed by atoms with van der Waals surface area (Å²) in [5, 5.41) is 0. The molecule has 132 heavy (non-hydrogen) atoms. The van der Waals surface area contributed by atoms with E-state index in [1.165, 1.54) is 19.3 Å². The van der Waals surface area contributed by atoms with E-state index < -0.39 is 17.9 Å². The minimum absolute atomic E-state index is 0.226. The summed E-state index contributed by atoms with van der Waals surface area (Å²) in [6.07, 6.45) is 49.0. The van der Waals surface area contributed by atoms with E-state index in [0.29, 0.717) is 148 Å². The van der Waals surface area contributed by atoms with Crippen LogP contribution >= 0.6 is 0 Å². The lowest BCUT2D eigenvalue weighted by molar-refractivity contribution is 0.0719. The van der Waals surface area contributed by atoms with E-state index in [1.807, 2.05) is 36.4 Å². The quantitative estimate of drug-likeness (QED) is 0.0198. The number of methoxy groups -OCH3 is 3. The Morgan fingerprint density at radius 3 is 0.553 bits per heavy atom. The Morgan fingerprint density at radius 1 is 0.205 bits per heavy atom. The summed E-state index contributed by atoms with van der Waals surface area (Å²) in [6.45, 7) is 24.0. The van der Waals surface area contributed by atoms with Gasteiger partial charge in [-0.1, -0.05) is 293 Å². The molecule has 0 atom stereocenters. The molecule has 0 radical (unpaired) electrons. The Balaban J connectivity index is 1.10. The Bertz CT molecular complexity index is 4080. The lowest BCUT2D eigenvalue weighted by Crippen LogP contribution is -2.12. The summed E-state index contributed by atoms with van der Waals surface area (Å²) in [7, 11) is 4.80. The number of esters is 3. The van der Waals surface area contributed by atoms with Crippen LogP contribution in [0.15, 0.2) is 72.8 Å². The molecule has 0 fully saturated rings. The van der Waals surface area contributed by atoms with Gasteiger partial charge in [0.25, 0.3) is 0 Å². The van der Waals surface area contributed by atoms with Gasteiger partial charge < -0.3 is 71.1 Å². The van der Waals surface area contributed by atoms with Crippen molar-refractivity contribution in [3.63, 3.8) is 0 Å². The van der Waals surface area contributed by atoms with Gasteiger partial charge in [-0.05, 0) is 217 Å². The zero-order chi connectivity index (χ0) is 93.4. The monoisotopic (exact) mass is 1820 g/mol. The summed E-state index contributed by atoms with van der Waals surface area (Å²) in [6, 6.07) is 22.3. The van der Waals surface area contributed by atoms with Crippen molar-refractivity contribution in [1.29, 1.82) is 0 Å². The zero-order valence-corrected chi connectivity index (χ0v) is 83.1. The number of unbranched alkanes of at least 4 members (excludes halogenated alkanes) is 36. The van der Waals surface area contributed by atoms with Crippen LogP contribution in [0.2, 0.25) is 0 Å². The molecule has 18 nitrogen and oxygen atoms in total. The number of hydrogen-bond acceptors (Lipinski definition) is 18. The highest BCUT2D eigenvalue weighted by atomic mass is 16.6. The third-order valence-electron chi connectivity index (χ3n) is 25.8. The van der Waals surface area contributed by atoms with E-state index in [2.05, 4.69) is 62.3 Å². The molecule has 0 saturated carbocycles. The predicted octanol–water partition coefficient (Wildman–Crippen LogP) is 31.2. The fourth-order valence-electron chi connectivity index (χ4n) is 18.3. The van der Waals surface area contributed by atoms with Crippen LogP contribution in [0.4, 0.5) is 0 Å². The molecule has 18 heteroatoms. The van der Waals surface area contributed by atoms with Gasteiger partial charge >= 0.3 is 17.9 Å². The molecule has 0 heterocycles. The lowest BCUT2D eigenvalue weighted by Gasteiger charge is -2.19. The molecule has 3 aliphatic rings. The fourth-order valence-corrected chi connectivity index (χ4v) is 18.3. The Morgan fingerprint density at radius 2 is 0.379 bits per heavy atom. The third-order valence-corrected chi connectivity index (χ3v) is 25.8. The largest absolute Gasteiger partial charge is 0.493 e. The highest BCUT2D eigenvalue weighted by Gasteiger charge is 2.41. The molecule has 0 saturated heterocycles. The van der Waals surface area contributed by atoms with E-state index in [0.717, 1.165) is 336 Å². The number of hydrogen-bond donors (Lipinski definition) is 0. The summed E-state index contributed by atoms with van der Waals surface area (Å²) >= 11 is 0. The third kappa shape index (κ3) is 30.8. The van der Waals surface area contributed by atoms with Gasteiger partial charge in [0.1, 0.15) is 0 Å². The minimum Gasteiger partial charge on any atom is -0.493 e. The van der Waals surface area contributed by atoms with Crippen molar-refractivity contribution in [2.45, 2.75) is 371 Å². The maximum Gasteiger partial charge on any atom is 0.343 e. The van der Waals surface area contributed by atoms with E-state index in [4.69, 9.17) is 71.1 Å². The average molecular weight is 1820 g/mol. The van der Waals surface area contributed by atoms with Gasteiger partial charge in [0.2, 0.25) is 17.2 Å². The first kappa shape index (κ1) is 105. The molecule has 7 aromatic carbocycles. The van der Waals surface area contributed by atoms with Crippen molar-refractivity contribution in [3.05, 3.63) is 123 Å². The normalized spacial score (nSPS) is 11.9. The first-order valence-corrected chi connectivity index (χ1v) is 52.0. The first-order valence-electron chi connectivity index (χ1n) is 52.0. The predicted molar refractivity (Wildman–Crippen MR) is 533 cm³/mol. The van der Waals surface area contributed by atoms with E-state index in [-0.39, 0.29) is 33.9 Å². The fraction of sp³-hybridized carbons (Fsp3) is 0.605. The van der Waals surface area contributed by atoms with Crippen molar-refractivity contribution in [3.8, 4) is 120 Å². The molecule has 0 unspecified atom stereocenters. The average Bonchev–Trinajstić information content (AvgIpc) is 1.53. The van der Waals surface area contributed by atoms with Crippen LogP contribution in [0.5, 0.6) is 86.2 Å². The van der Waals surface area contributed by atoms with Crippen LogP contribution in [-0.2, 0) is 19.3 Å². The Labute approximate surface area is 792 Å². The Kier molecular flexibility index (Phi) is 46.5. The molecule has 726 valence electrons. The van der Waals surface area contributed by atoms with E-state index in [1.54, 1.807) is 57.7 Å². The zero-order valence-electron chi connectivity index (χ0n) is 83.1. The van der Waals surface area contributed by atoms with Crippen LogP contribution in [-0.4, -0.2) is 98.7 Å². The lowest BCUT2D eigenvalue weighted by atomic mass is 9.86. The highest BCUT2D eigenvalue weighted by Crippen LogP contribution is 2.60. The van der Waals surface area contributed by atoms with Gasteiger partial charge in [-0.2, -0.15) is 0 Å². The number of benzene rings is 7. The number of fused-ring (bicyclic) bond motifs is 12. The molecule has 0 aromatic heterocycles. The molecule has 10 rings (SSSR count). The van der Waals surface area contributed by atoms with Crippen LogP contribution in [0.25, 0.3) is 33.4 Å². The number of ether oxygens (including phenoxy) is 15. The van der Waals surface area contributed by atoms with Gasteiger partial charge in [-0.25, -0.2) is 14.4 Å². The van der Waals surface area contributed by atoms with Crippen LogP contribution in [0, 0.1) is 0 Å². The molecule has 0 aliphatic heterocycles. The molecule has 7 aromatic rings. The topological polar surface area (TPSA) is 190 Å². The molecule has 0 bridgehead atoms. The molecule has 0 amide bonds. The van der Waals surface area contributed by atoms with Crippen LogP contribution in [0.1, 0.15) is 416 Å². The molecule has 0 spiro atoms. The van der Waals surface area contributed by atoms with Crippen molar-refractivity contribution in [1.82, 2.24) is 0 Å². The van der Waals surface area contributed by atoms with E-state index in [9.17, 15) is 0 Å². The summed E-state index contributed by atoms with van der Waals surface area (Å²) in [5.74, 6) is 4.12. The van der Waals surface area contributed by atoms with Crippen molar-refractivity contribution < 1.29 is 85.4 Å². The highest BCUT2D eigenvalue weighted by molar-refractivity contribution is 6.03. The molecular formula is C114H162O18. The maximum absolute atomic E-state index is 15.5. The Hall–Kier alpha value is -9.45. The van der Waals surface area contributed by atoms with Crippen molar-refractivity contribution in [2.75, 3.05) is 80.8 Å². The second kappa shape index (κ2) is 58.6. The van der Waals surface area contributed by atoms with Gasteiger partial charge in [0.15, 0.2) is 69.0 Å². The molecular weight excluding hydrogens is 1660 g/mol. The van der Waals surface area contributed by atoms with Gasteiger partial charge in [0, 0.05) is 0 Å². The smallest absolute Gasteiger partial charge is 0.343 e. The van der Waals surface area contributed by atoms with Gasteiger partial charge in [0.05, 0.1) is 97.5 Å². The molecule has 0 N–H and O–H groups in total. The minimum atomic E-state index is -0.620. The second-order valence-electron chi connectivity index (χ2n) is 36.5. The number of carbonyl (C=O) groups excluding carboxylic acids is 3. The van der Waals surface area contributed by atoms with E-state index >= 15 is 14.4 Å². The van der Waals surface area contributed by atoms with Gasteiger partial charge in [-0.15, -0.1) is 0 Å².